The van der Waals surface area contributed by atoms with Gasteiger partial charge in [0, 0.05) is 51.2 Å². The van der Waals surface area contributed by atoms with Crippen molar-refractivity contribution >= 4 is 203 Å². The molecule has 146 heavy (non-hydrogen) atoms. The lowest BCUT2D eigenvalue weighted by atomic mass is 10.1. The summed E-state index contributed by atoms with van der Waals surface area (Å²) in [7, 11) is -3.80. The molecule has 0 radical (unpaired) electrons. The van der Waals surface area contributed by atoms with Crippen LogP contribution in [0.4, 0.5) is 0 Å². The van der Waals surface area contributed by atoms with Crippen LogP contribution in [0.15, 0.2) is 185 Å². The number of ether oxygens (including phenoxy) is 8. The van der Waals surface area contributed by atoms with Gasteiger partial charge in [-0.05, 0) is 252 Å². The molecule has 0 aromatic heterocycles. The molecule has 0 amide bonds. The average molecular weight is 2450 g/mol. The number of halogens is 8. The molecule has 38 heteroatoms. The molecular weight excluding hydrogens is 2300 g/mol. The molecule has 0 aliphatic heterocycles. The summed E-state index contributed by atoms with van der Waals surface area (Å²) in [4.78, 5) is 139. The van der Waals surface area contributed by atoms with Crippen molar-refractivity contribution in [1.29, 1.82) is 0 Å². The summed E-state index contributed by atoms with van der Waals surface area (Å²) in [5.74, 6) is -3.56. The predicted molar refractivity (Wildman–Crippen MR) is 597 cm³/mol. The molecule has 29 nitrogen and oxygen atoms in total. The van der Waals surface area contributed by atoms with Gasteiger partial charge in [0.15, 0.2) is 11.4 Å². The topological polar surface area (TPSA) is 346 Å². The Bertz CT molecular complexity index is 4850. The molecule has 5 rings (SSSR count). The fraction of sp³-hybridized carbons (Fsp3) is 0.500. The van der Waals surface area contributed by atoms with Crippen molar-refractivity contribution in [2.45, 2.75) is 240 Å². The highest BCUT2D eigenvalue weighted by Gasteiger charge is 2.36. The van der Waals surface area contributed by atoms with E-state index in [2.05, 4.69) is 161 Å². The number of esters is 8. The third-order valence-corrected chi connectivity index (χ3v) is 19.1. The Labute approximate surface area is 923 Å². The largest absolute Gasteiger partial charge is 0.464 e. The number of carbonyl (C=O) groups excluding carboxylic acids is 8. The molecule has 820 valence electrons. The highest BCUT2D eigenvalue weighted by atomic mass is 79.9. The summed E-state index contributed by atoms with van der Waals surface area (Å²) in [5, 5.41) is 0.504. The van der Waals surface area contributed by atoms with E-state index < -0.39 is 67.4 Å². The number of unbranched alkanes of at least 4 members (excludes halogenated alkanes) is 3. The molecule has 0 N–H and O–H groups in total. The van der Waals surface area contributed by atoms with Gasteiger partial charge in [-0.1, -0.05) is 253 Å². The van der Waals surface area contributed by atoms with Crippen LogP contribution in [0.1, 0.15) is 243 Å². The van der Waals surface area contributed by atoms with Gasteiger partial charge in [-0.15, -0.1) is 23.2 Å². The van der Waals surface area contributed by atoms with E-state index in [-0.39, 0.29) is 72.2 Å². The maximum Gasteiger partial charge on any atom is 0.339 e. The molecule has 0 aliphatic rings. The summed E-state index contributed by atoms with van der Waals surface area (Å²) in [6, 6.07) is 36.1. The van der Waals surface area contributed by atoms with Gasteiger partial charge in [0.1, 0.15) is 48.9 Å². The number of benzene rings is 5. The normalized spacial score (nSPS) is 11.5. The third-order valence-electron chi connectivity index (χ3n) is 16.7. The average Bonchev–Trinajstić information content (AvgIpc) is 0.835. The number of alkyl halides is 7. The van der Waals surface area contributed by atoms with Crippen molar-refractivity contribution in [3.8, 4) is 5.75 Å². The number of carbonyl (C=O) groups is 8. The van der Waals surface area contributed by atoms with Crippen molar-refractivity contribution in [3.05, 3.63) is 240 Å². The Kier molecular flexibility index (Phi) is 75.0. The number of hydrogen-bond acceptors (Lipinski definition) is 29. The second-order valence-corrected chi connectivity index (χ2v) is 51.2. The third kappa shape index (κ3) is 83.2. The van der Waals surface area contributed by atoms with Crippen LogP contribution in [0.2, 0.25) is 5.02 Å². The van der Waals surface area contributed by atoms with Crippen LogP contribution in [0.25, 0.3) is 30.4 Å². The minimum Gasteiger partial charge on any atom is -0.464 e. The summed E-state index contributed by atoms with van der Waals surface area (Å²) in [6.45, 7) is 69.0. The highest BCUT2D eigenvalue weighted by Crippen LogP contribution is 2.29. The van der Waals surface area contributed by atoms with Crippen molar-refractivity contribution in [1.82, 2.24) is 0 Å². The molecule has 0 fully saturated rings. The van der Waals surface area contributed by atoms with E-state index in [1.54, 1.807) is 75.4 Å². The van der Waals surface area contributed by atoms with Gasteiger partial charge < -0.3 is 42.8 Å². The maximum absolute atomic E-state index is 11.8. The second kappa shape index (κ2) is 76.8. The van der Waals surface area contributed by atoms with E-state index in [4.69, 9.17) is 122 Å². The minimum absolute atomic E-state index is 0.00437. The van der Waals surface area contributed by atoms with Gasteiger partial charge in [-0.25, -0.2) is 67.9 Å². The van der Waals surface area contributed by atoms with Gasteiger partial charge in [0.2, 0.25) is 0 Å². The van der Waals surface area contributed by atoms with Crippen LogP contribution < -0.4 is 4.89 Å². The molecule has 1 atom stereocenters. The van der Waals surface area contributed by atoms with Gasteiger partial charge in [0.25, 0.3) is 10.1 Å². The van der Waals surface area contributed by atoms with Gasteiger partial charge in [-0.3, -0.25) is 13.8 Å². The van der Waals surface area contributed by atoms with E-state index in [1.807, 2.05) is 136 Å². The SMILES string of the molecule is C=C(C)C(=O)OCC(C)OC(=O)C(C)(C)OS(C)(=O)=O.C=C(C)C(=O)OCCCOC(=O)C(C)(C)Cl.C=C(C)C(=O)OCCOC(=O)C(C)(C)Cl.C=Cc1ccc(C(=O)OCCCCCCOOCC(C)(C)Br)cc1.C=Cc1ccc(C(=O)OCCCOOCC(C)(C)Br)cc1.C=Cc1ccc(CCCOOCC(C)(C)Br)cc1.C=Cc1ccc(OOCC(C)(C)Br)c(Cl)c1.C=Cc1cccc(COOCC(C)(C)Br)c1. The summed E-state index contributed by atoms with van der Waals surface area (Å²) in [6.07, 6.45) is 15.7. The van der Waals surface area contributed by atoms with Gasteiger partial charge in [0.05, 0.1) is 95.1 Å². The van der Waals surface area contributed by atoms with Crippen LogP contribution in [-0.2, 0) is 138 Å². The lowest BCUT2D eigenvalue weighted by molar-refractivity contribution is -0.306. The maximum atomic E-state index is 11.8. The lowest BCUT2D eigenvalue weighted by Crippen LogP contribution is -2.40. The minimum atomic E-state index is -3.80. The van der Waals surface area contributed by atoms with Crippen molar-refractivity contribution in [3.63, 3.8) is 0 Å². The Morgan fingerprint density at radius 1 is 0.370 bits per heavy atom. The van der Waals surface area contributed by atoms with Crippen LogP contribution >= 0.6 is 114 Å². The van der Waals surface area contributed by atoms with Crippen LogP contribution in [-0.4, -0.2) is 205 Å². The van der Waals surface area contributed by atoms with Crippen LogP contribution in [0.3, 0.4) is 0 Å². The fourth-order valence-corrected chi connectivity index (χ4v) is 10.6. The molecule has 0 bridgehead atoms. The molecule has 5 aromatic carbocycles. The Balaban J connectivity index is -0.00000161. The Hall–Kier alpha value is -7.60. The van der Waals surface area contributed by atoms with E-state index in [0.29, 0.717) is 119 Å². The van der Waals surface area contributed by atoms with E-state index >= 15 is 0 Å². The molecule has 0 heterocycles. The zero-order valence-corrected chi connectivity index (χ0v) is 99.3. The number of rotatable bonds is 58. The molecule has 1 unspecified atom stereocenters. The molecule has 0 spiro atoms. The molecule has 0 saturated carbocycles. The van der Waals surface area contributed by atoms with Crippen LogP contribution in [0, 0.1) is 0 Å². The van der Waals surface area contributed by atoms with Crippen molar-refractivity contribution < 1.29 is 138 Å². The Morgan fingerprint density at radius 3 is 1.11 bits per heavy atom. The fourth-order valence-electron chi connectivity index (χ4n) is 9.00. The van der Waals surface area contributed by atoms with Crippen molar-refractivity contribution in [2.75, 3.05) is 105 Å². The van der Waals surface area contributed by atoms with E-state index in [0.717, 1.165) is 78.2 Å². The molecule has 0 saturated heterocycles. The van der Waals surface area contributed by atoms with Crippen molar-refractivity contribution in [2.24, 2.45) is 0 Å². The van der Waals surface area contributed by atoms with E-state index in [9.17, 15) is 46.8 Å². The van der Waals surface area contributed by atoms with Crippen LogP contribution in [0.5, 0.6) is 5.75 Å². The zero-order chi connectivity index (χ0) is 112. The van der Waals surface area contributed by atoms with E-state index in [1.165, 1.54) is 54.0 Å². The molecule has 0 aliphatic carbocycles. The lowest BCUT2D eigenvalue weighted by Gasteiger charge is -2.23. The first-order chi connectivity index (χ1) is 67.6. The monoisotopic (exact) mass is 2440 g/mol. The number of aryl methyl sites for hydroxylation is 1. The second-order valence-electron chi connectivity index (χ2n) is 36.6. The quantitative estimate of drug-likeness (QED) is 0.00510. The molecular formula is C108H152Br5Cl3O29S. The number of hydrogen-bond donors (Lipinski definition) is 0. The summed E-state index contributed by atoms with van der Waals surface area (Å²) < 4.78 is 65.6. The highest BCUT2D eigenvalue weighted by molar-refractivity contribution is 9.10. The first-order valence-electron chi connectivity index (χ1n) is 46.3. The Morgan fingerprint density at radius 2 is 0.705 bits per heavy atom. The summed E-state index contributed by atoms with van der Waals surface area (Å²) >= 11 is 34.7. The zero-order valence-electron chi connectivity index (χ0n) is 88.3. The first kappa shape index (κ1) is 143. The summed E-state index contributed by atoms with van der Waals surface area (Å²) in [5.41, 5.74) is 7.83. The standard InChI is InChI=1S/C19H27BrO4.C16H21BrO4.C15H21BrO2.C13H17BrO2.C12H14BrClO2.C12H20O7S.C11H17ClO4.C10H15ClO4/c1-4-16-9-11-17(12-10-16)18(21)22-13-7-5-6-8-14-23-24-15-19(2,3)20;1-4-13-6-8-14(9-7-13)15(18)19-10-5-11-20-21-12-16(2,3)17;1-4-13-7-9-14(10-8-13)6-5-11-17-18-12-15(2,3)16;1-4-11-6-5-7-12(8-11)9-15-16-10-13(2,3)14;1-4-9-5-6-11(10(14)7-9)16-15-8-12(2,3)13;1-8(2)10(13)17-7-9(3)18-11(14)12(4,5)19-20(6,15)16;1-8(2)9(13)15-6-5-7-16-10(14)11(3,4)12;1-7(2)8(12)14-5-6-15-9(13)10(3,4)11/h4,9-12H,1,5-8,13-15H2,2-3H3;4,6-9H,1,5,10-12H2,2-3H3;4,7-10H,1,5-6,11-12H2,2-3H3;4-8H,1,9-10H2,2-3H3;4-7H,1,8H2,2-3H3;9H,1,7H2,2-6H3;1,5-7H2,2-4H3;1,5-6H2,2-4H3. The smallest absolute Gasteiger partial charge is 0.339 e. The predicted octanol–water partition coefficient (Wildman–Crippen LogP) is 26.5. The molecule has 5 aromatic rings. The first-order valence-corrected chi connectivity index (χ1v) is 53.2. The van der Waals surface area contributed by atoms with Gasteiger partial charge >= 0.3 is 47.8 Å². The van der Waals surface area contributed by atoms with Gasteiger partial charge in [-0.2, -0.15) is 13.3 Å².